The predicted molar refractivity (Wildman–Crippen MR) is 76.9 cm³/mol. The molecule has 104 valence electrons. The smallest absolute Gasteiger partial charge is 0.219 e. The van der Waals surface area contributed by atoms with Crippen molar-refractivity contribution < 1.29 is 9.59 Å². The monoisotopic (exact) mass is 261 g/mol. The van der Waals surface area contributed by atoms with Crippen molar-refractivity contribution in [3.8, 4) is 0 Å². The number of piperidine rings is 1. The topological polar surface area (TPSA) is 37.4 Å². The first-order chi connectivity index (χ1) is 9.04. The minimum Gasteiger partial charge on any atom is -0.339 e. The number of Topliss-reactive ketones (excluding diaryl/α,β-unsaturated/α-hetero) is 1. The zero-order chi connectivity index (χ0) is 14.3. The van der Waals surface area contributed by atoms with Gasteiger partial charge in [0.25, 0.3) is 0 Å². The largest absolute Gasteiger partial charge is 0.339 e. The summed E-state index contributed by atoms with van der Waals surface area (Å²) in [5.41, 5.74) is 1.32. The molecular formula is C16H23NO2. The van der Waals surface area contributed by atoms with Gasteiger partial charge in [0.1, 0.15) is 5.78 Å². The summed E-state index contributed by atoms with van der Waals surface area (Å²) in [6, 6.07) is 10.4. The van der Waals surface area contributed by atoms with Crippen LogP contribution in [0.2, 0.25) is 0 Å². The van der Waals surface area contributed by atoms with Crippen molar-refractivity contribution in [1.29, 1.82) is 0 Å². The summed E-state index contributed by atoms with van der Waals surface area (Å²) in [4.78, 5) is 24.0. The SMILES string of the molecule is CCC1CC(=O)CCN1C(C)=O.Cc1ccccc1. The highest BCUT2D eigenvalue weighted by Crippen LogP contribution is 2.16. The average Bonchev–Trinajstić information content (AvgIpc) is 2.39. The molecule has 0 saturated carbocycles. The lowest BCUT2D eigenvalue weighted by Gasteiger charge is -2.33. The molecule has 0 spiro atoms. The number of ketones is 1. The lowest BCUT2D eigenvalue weighted by molar-refractivity contribution is -0.136. The van der Waals surface area contributed by atoms with Gasteiger partial charge in [-0.1, -0.05) is 42.8 Å². The van der Waals surface area contributed by atoms with Crippen LogP contribution in [0.5, 0.6) is 0 Å². The number of amides is 1. The molecule has 0 aromatic heterocycles. The van der Waals surface area contributed by atoms with E-state index >= 15 is 0 Å². The van der Waals surface area contributed by atoms with Gasteiger partial charge in [-0.25, -0.2) is 0 Å². The summed E-state index contributed by atoms with van der Waals surface area (Å²) < 4.78 is 0. The van der Waals surface area contributed by atoms with Crippen LogP contribution in [-0.2, 0) is 9.59 Å². The van der Waals surface area contributed by atoms with Gasteiger partial charge < -0.3 is 4.90 Å². The van der Waals surface area contributed by atoms with E-state index in [2.05, 4.69) is 19.1 Å². The lowest BCUT2D eigenvalue weighted by Crippen LogP contribution is -2.44. The third-order valence-electron chi connectivity index (χ3n) is 3.35. The number of nitrogens with zero attached hydrogens (tertiary/aromatic N) is 1. The highest BCUT2D eigenvalue weighted by atomic mass is 16.2. The van der Waals surface area contributed by atoms with E-state index in [1.807, 2.05) is 25.1 Å². The van der Waals surface area contributed by atoms with Gasteiger partial charge in [0.05, 0.1) is 0 Å². The van der Waals surface area contributed by atoms with E-state index in [9.17, 15) is 9.59 Å². The summed E-state index contributed by atoms with van der Waals surface area (Å²) in [5, 5.41) is 0. The summed E-state index contributed by atoms with van der Waals surface area (Å²) >= 11 is 0. The Morgan fingerprint density at radius 1 is 1.32 bits per heavy atom. The van der Waals surface area contributed by atoms with Crippen molar-refractivity contribution in [3.63, 3.8) is 0 Å². The molecule has 2 rings (SSSR count). The molecule has 1 aliphatic rings. The number of rotatable bonds is 1. The number of hydrogen-bond acceptors (Lipinski definition) is 2. The standard InChI is InChI=1S/C9H15NO2.C7H8/c1-3-8-6-9(12)4-5-10(8)7(2)11;1-7-5-3-2-4-6-7/h8H,3-6H2,1-2H3;2-6H,1H3. The molecule has 1 fully saturated rings. The van der Waals surface area contributed by atoms with Gasteiger partial charge in [0.15, 0.2) is 0 Å². The molecular weight excluding hydrogens is 238 g/mol. The van der Waals surface area contributed by atoms with Gasteiger partial charge >= 0.3 is 0 Å². The van der Waals surface area contributed by atoms with Crippen LogP contribution in [-0.4, -0.2) is 29.2 Å². The van der Waals surface area contributed by atoms with Crippen LogP contribution in [0.3, 0.4) is 0 Å². The Balaban J connectivity index is 0.000000218. The first-order valence-corrected chi connectivity index (χ1v) is 6.85. The summed E-state index contributed by atoms with van der Waals surface area (Å²) in [6.45, 7) is 6.28. The molecule has 0 aliphatic carbocycles. The fourth-order valence-electron chi connectivity index (χ4n) is 2.22. The lowest BCUT2D eigenvalue weighted by atomic mass is 9.99. The molecule has 1 aliphatic heterocycles. The van der Waals surface area contributed by atoms with Crippen LogP contribution in [0.4, 0.5) is 0 Å². The molecule has 1 atom stereocenters. The van der Waals surface area contributed by atoms with Crippen LogP contribution in [0.25, 0.3) is 0 Å². The maximum Gasteiger partial charge on any atom is 0.219 e. The third-order valence-corrected chi connectivity index (χ3v) is 3.35. The molecule has 1 saturated heterocycles. The van der Waals surface area contributed by atoms with Crippen LogP contribution >= 0.6 is 0 Å². The first kappa shape index (κ1) is 15.4. The van der Waals surface area contributed by atoms with Crippen molar-refractivity contribution in [1.82, 2.24) is 4.90 Å². The van der Waals surface area contributed by atoms with Crippen LogP contribution in [0, 0.1) is 6.92 Å². The average molecular weight is 261 g/mol. The fourth-order valence-corrected chi connectivity index (χ4v) is 2.22. The number of benzene rings is 1. The number of aryl methyl sites for hydroxylation is 1. The fraction of sp³-hybridized carbons (Fsp3) is 0.500. The van der Waals surface area contributed by atoms with E-state index in [1.165, 1.54) is 5.56 Å². The van der Waals surface area contributed by atoms with Gasteiger partial charge in [-0.05, 0) is 13.3 Å². The molecule has 1 aromatic carbocycles. The zero-order valence-electron chi connectivity index (χ0n) is 12.1. The van der Waals surface area contributed by atoms with Gasteiger partial charge in [-0.2, -0.15) is 0 Å². The van der Waals surface area contributed by atoms with E-state index in [1.54, 1.807) is 11.8 Å². The van der Waals surface area contributed by atoms with Crippen LogP contribution in [0.15, 0.2) is 30.3 Å². The molecule has 1 heterocycles. The number of likely N-dealkylation sites (tertiary alicyclic amines) is 1. The van der Waals surface area contributed by atoms with Crippen molar-refractivity contribution in [2.24, 2.45) is 0 Å². The van der Waals surface area contributed by atoms with Crippen molar-refractivity contribution in [3.05, 3.63) is 35.9 Å². The van der Waals surface area contributed by atoms with Crippen molar-refractivity contribution >= 4 is 11.7 Å². The maximum atomic E-state index is 11.1. The Bertz CT molecular complexity index is 414. The maximum absolute atomic E-state index is 11.1. The van der Waals surface area contributed by atoms with Gasteiger partial charge in [-0.3, -0.25) is 9.59 Å². The zero-order valence-corrected chi connectivity index (χ0v) is 12.1. The number of carbonyl (C=O) groups excluding carboxylic acids is 2. The van der Waals surface area contributed by atoms with Gasteiger partial charge in [0.2, 0.25) is 5.91 Å². The second kappa shape index (κ2) is 7.72. The molecule has 19 heavy (non-hydrogen) atoms. The van der Waals surface area contributed by atoms with Crippen molar-refractivity contribution in [2.45, 2.75) is 46.1 Å². The Kier molecular flexibility index (Phi) is 6.26. The highest BCUT2D eigenvalue weighted by molar-refractivity contribution is 5.83. The van der Waals surface area contributed by atoms with E-state index in [4.69, 9.17) is 0 Å². The Morgan fingerprint density at radius 2 is 1.95 bits per heavy atom. The quantitative estimate of drug-likeness (QED) is 0.779. The molecule has 1 unspecified atom stereocenters. The number of carbonyl (C=O) groups is 2. The molecule has 0 N–H and O–H groups in total. The third kappa shape index (κ3) is 5.25. The molecule has 3 nitrogen and oxygen atoms in total. The second-order valence-electron chi connectivity index (χ2n) is 4.92. The Hall–Kier alpha value is -1.64. The minimum atomic E-state index is 0.0920. The van der Waals surface area contributed by atoms with Crippen molar-refractivity contribution in [2.75, 3.05) is 6.54 Å². The van der Waals surface area contributed by atoms with Crippen LogP contribution in [0.1, 0.15) is 38.7 Å². The molecule has 3 heteroatoms. The predicted octanol–water partition coefficient (Wildman–Crippen LogP) is 2.97. The van der Waals surface area contributed by atoms with Gasteiger partial charge in [0, 0.05) is 32.4 Å². The molecule has 0 bridgehead atoms. The van der Waals surface area contributed by atoms with Crippen LogP contribution < -0.4 is 0 Å². The first-order valence-electron chi connectivity index (χ1n) is 6.85. The number of hydrogen-bond donors (Lipinski definition) is 0. The van der Waals surface area contributed by atoms with Gasteiger partial charge in [-0.15, -0.1) is 0 Å². The Morgan fingerprint density at radius 3 is 2.37 bits per heavy atom. The van der Waals surface area contributed by atoms with E-state index in [-0.39, 0.29) is 11.9 Å². The highest BCUT2D eigenvalue weighted by Gasteiger charge is 2.26. The molecule has 1 aromatic rings. The summed E-state index contributed by atoms with van der Waals surface area (Å²) in [7, 11) is 0. The summed E-state index contributed by atoms with van der Waals surface area (Å²) in [5.74, 6) is 0.383. The summed E-state index contributed by atoms with van der Waals surface area (Å²) in [6.07, 6.45) is 1.97. The van der Waals surface area contributed by atoms with E-state index < -0.39 is 0 Å². The van der Waals surface area contributed by atoms with E-state index in [0.29, 0.717) is 25.2 Å². The Labute approximate surface area is 115 Å². The molecule has 1 amide bonds. The van der Waals surface area contributed by atoms with E-state index in [0.717, 1.165) is 6.42 Å². The normalized spacial score (nSPS) is 18.6. The minimum absolute atomic E-state index is 0.0920. The second-order valence-corrected chi connectivity index (χ2v) is 4.92. The molecule has 0 radical (unpaired) electrons.